The van der Waals surface area contributed by atoms with E-state index in [1.54, 1.807) is 29.0 Å². The summed E-state index contributed by atoms with van der Waals surface area (Å²) in [5.74, 6) is 0.831. The van der Waals surface area contributed by atoms with Crippen LogP contribution in [0.3, 0.4) is 0 Å². The summed E-state index contributed by atoms with van der Waals surface area (Å²) in [7, 11) is 0. The molecule has 0 unspecified atom stereocenters. The molecular formula is C15H14N4S. The Labute approximate surface area is 121 Å². The van der Waals surface area contributed by atoms with E-state index < -0.39 is 0 Å². The van der Waals surface area contributed by atoms with Crippen molar-refractivity contribution in [3.8, 4) is 16.9 Å². The normalized spacial score (nSPS) is 10.7. The molecule has 0 saturated carbocycles. The Balaban J connectivity index is 2.02. The van der Waals surface area contributed by atoms with Gasteiger partial charge in [0, 0.05) is 16.2 Å². The minimum Gasteiger partial charge on any atom is -0.272 e. The first-order chi connectivity index (χ1) is 9.78. The maximum atomic E-state index is 4.62. The molecule has 2 aromatic heterocycles. The average molecular weight is 282 g/mol. The molecule has 0 spiro atoms. The van der Waals surface area contributed by atoms with Crippen LogP contribution in [0.5, 0.6) is 0 Å². The largest absolute Gasteiger partial charge is 0.272 e. The summed E-state index contributed by atoms with van der Waals surface area (Å²) in [5.41, 5.74) is 3.34. The van der Waals surface area contributed by atoms with Gasteiger partial charge in [-0.1, -0.05) is 12.1 Å². The van der Waals surface area contributed by atoms with Crippen LogP contribution < -0.4 is 0 Å². The van der Waals surface area contributed by atoms with Gasteiger partial charge in [0.15, 0.2) is 0 Å². The fourth-order valence-corrected chi connectivity index (χ4v) is 2.57. The van der Waals surface area contributed by atoms with Gasteiger partial charge in [0.2, 0.25) is 0 Å². The van der Waals surface area contributed by atoms with E-state index in [1.165, 1.54) is 10.5 Å². The van der Waals surface area contributed by atoms with Gasteiger partial charge >= 0.3 is 0 Å². The molecule has 3 rings (SSSR count). The molecule has 0 atom stereocenters. The summed E-state index contributed by atoms with van der Waals surface area (Å²) in [6.45, 7) is 2.02. The molecule has 20 heavy (non-hydrogen) atoms. The molecule has 2 heterocycles. The second kappa shape index (κ2) is 5.46. The van der Waals surface area contributed by atoms with Crippen LogP contribution in [0.2, 0.25) is 0 Å². The van der Waals surface area contributed by atoms with Gasteiger partial charge in [-0.05, 0) is 43.0 Å². The maximum Gasteiger partial charge on any atom is 0.139 e. The predicted octanol–water partition coefficient (Wildman–Crippen LogP) is 3.36. The number of hydrogen-bond acceptors (Lipinski definition) is 4. The Hall–Kier alpha value is -2.14. The maximum absolute atomic E-state index is 4.62. The lowest BCUT2D eigenvalue weighted by atomic mass is 10.0. The van der Waals surface area contributed by atoms with E-state index in [-0.39, 0.29) is 0 Å². The van der Waals surface area contributed by atoms with Crippen LogP contribution in [0.1, 0.15) is 5.69 Å². The summed E-state index contributed by atoms with van der Waals surface area (Å²) in [4.78, 5) is 5.88. The highest BCUT2D eigenvalue weighted by atomic mass is 32.2. The van der Waals surface area contributed by atoms with Gasteiger partial charge in [-0.25, -0.2) is 4.98 Å². The number of benzene rings is 1. The van der Waals surface area contributed by atoms with Crippen LogP contribution >= 0.6 is 11.8 Å². The molecule has 1 aromatic carbocycles. The van der Waals surface area contributed by atoms with Crippen molar-refractivity contribution in [2.45, 2.75) is 11.8 Å². The Morgan fingerprint density at radius 2 is 1.85 bits per heavy atom. The zero-order valence-electron chi connectivity index (χ0n) is 11.3. The van der Waals surface area contributed by atoms with Crippen molar-refractivity contribution in [1.82, 2.24) is 19.7 Å². The third kappa shape index (κ3) is 2.44. The van der Waals surface area contributed by atoms with Crippen LogP contribution in [-0.2, 0) is 0 Å². The van der Waals surface area contributed by atoms with Crippen molar-refractivity contribution in [2.24, 2.45) is 0 Å². The highest BCUT2D eigenvalue weighted by molar-refractivity contribution is 7.98. The summed E-state index contributed by atoms with van der Waals surface area (Å²) in [6.07, 6.45) is 5.38. The third-order valence-corrected chi connectivity index (χ3v) is 3.86. The topological polar surface area (TPSA) is 43.6 Å². The first-order valence-corrected chi connectivity index (χ1v) is 7.47. The van der Waals surface area contributed by atoms with E-state index in [0.29, 0.717) is 0 Å². The molecule has 0 aliphatic rings. The van der Waals surface area contributed by atoms with Crippen molar-refractivity contribution in [3.63, 3.8) is 0 Å². The summed E-state index contributed by atoms with van der Waals surface area (Å²) in [5, 5.41) is 7.60. The van der Waals surface area contributed by atoms with Crippen molar-refractivity contribution in [2.75, 3.05) is 6.26 Å². The van der Waals surface area contributed by atoms with Crippen LogP contribution in [0.25, 0.3) is 16.9 Å². The van der Waals surface area contributed by atoms with Crippen molar-refractivity contribution < 1.29 is 0 Å². The number of thioether (sulfide) groups is 1. The fourth-order valence-electron chi connectivity index (χ4n) is 2.11. The first-order valence-electron chi connectivity index (χ1n) is 6.25. The van der Waals surface area contributed by atoms with E-state index >= 15 is 0 Å². The SMILES string of the molecule is CSc1cccc(-c2ccc(-n3cnnc3)nc2C)c1. The smallest absolute Gasteiger partial charge is 0.139 e. The van der Waals surface area contributed by atoms with E-state index in [9.17, 15) is 0 Å². The van der Waals surface area contributed by atoms with Crippen molar-refractivity contribution in [1.29, 1.82) is 0 Å². The van der Waals surface area contributed by atoms with Gasteiger partial charge in [0.05, 0.1) is 0 Å². The van der Waals surface area contributed by atoms with Gasteiger partial charge in [-0.15, -0.1) is 22.0 Å². The predicted molar refractivity (Wildman–Crippen MR) is 81.1 cm³/mol. The molecule has 0 aliphatic carbocycles. The molecule has 0 saturated heterocycles. The minimum absolute atomic E-state index is 0.831. The lowest BCUT2D eigenvalue weighted by Crippen LogP contribution is -1.97. The fraction of sp³-hybridized carbons (Fsp3) is 0.133. The highest BCUT2D eigenvalue weighted by Gasteiger charge is 2.06. The number of aryl methyl sites for hydroxylation is 1. The third-order valence-electron chi connectivity index (χ3n) is 3.14. The number of nitrogens with zero attached hydrogens (tertiary/aromatic N) is 4. The van der Waals surface area contributed by atoms with Gasteiger partial charge in [0.1, 0.15) is 18.5 Å². The zero-order chi connectivity index (χ0) is 13.9. The molecule has 0 radical (unpaired) electrons. The van der Waals surface area contributed by atoms with E-state index in [1.807, 2.05) is 13.0 Å². The monoisotopic (exact) mass is 282 g/mol. The Morgan fingerprint density at radius 3 is 2.55 bits per heavy atom. The average Bonchev–Trinajstić information content (AvgIpc) is 3.01. The molecule has 0 aliphatic heterocycles. The van der Waals surface area contributed by atoms with Crippen LogP contribution in [0.15, 0.2) is 53.9 Å². The molecule has 0 amide bonds. The second-order valence-electron chi connectivity index (χ2n) is 4.40. The molecular weight excluding hydrogens is 268 g/mol. The van der Waals surface area contributed by atoms with Gasteiger partial charge in [0.25, 0.3) is 0 Å². The van der Waals surface area contributed by atoms with Crippen LogP contribution in [0.4, 0.5) is 0 Å². The Bertz CT molecular complexity index is 722. The lowest BCUT2D eigenvalue weighted by molar-refractivity contribution is 0.974. The van der Waals surface area contributed by atoms with Crippen LogP contribution in [0, 0.1) is 6.92 Å². The molecule has 0 N–H and O–H groups in total. The standard InChI is InChI=1S/C15H14N4S/c1-11-14(12-4-3-5-13(8-12)20-2)6-7-15(18-11)19-9-16-17-10-19/h3-10H,1-2H3. The summed E-state index contributed by atoms with van der Waals surface area (Å²) < 4.78 is 1.80. The second-order valence-corrected chi connectivity index (χ2v) is 5.28. The molecule has 0 bridgehead atoms. The van der Waals surface area contributed by atoms with Crippen molar-refractivity contribution in [3.05, 3.63) is 54.7 Å². The quantitative estimate of drug-likeness (QED) is 0.691. The summed E-state index contributed by atoms with van der Waals surface area (Å²) in [6, 6.07) is 12.6. The number of hydrogen-bond donors (Lipinski definition) is 0. The Morgan fingerprint density at radius 1 is 1.05 bits per heavy atom. The first kappa shape index (κ1) is 12.9. The van der Waals surface area contributed by atoms with E-state index in [2.05, 4.69) is 51.8 Å². The molecule has 3 aromatic rings. The van der Waals surface area contributed by atoms with E-state index in [4.69, 9.17) is 0 Å². The lowest BCUT2D eigenvalue weighted by Gasteiger charge is -2.09. The van der Waals surface area contributed by atoms with Gasteiger partial charge in [-0.3, -0.25) is 4.57 Å². The number of rotatable bonds is 3. The van der Waals surface area contributed by atoms with Gasteiger partial charge in [-0.2, -0.15) is 0 Å². The molecule has 0 fully saturated rings. The van der Waals surface area contributed by atoms with Crippen LogP contribution in [-0.4, -0.2) is 26.0 Å². The molecule has 4 nitrogen and oxygen atoms in total. The Kier molecular flexibility index (Phi) is 3.52. The van der Waals surface area contributed by atoms with Crippen molar-refractivity contribution >= 4 is 11.8 Å². The van der Waals surface area contributed by atoms with E-state index in [0.717, 1.165) is 17.1 Å². The van der Waals surface area contributed by atoms with Gasteiger partial charge < -0.3 is 0 Å². The minimum atomic E-state index is 0.831. The highest BCUT2D eigenvalue weighted by Crippen LogP contribution is 2.26. The molecule has 100 valence electrons. The molecule has 5 heteroatoms. The number of pyridine rings is 1. The number of aromatic nitrogens is 4. The summed E-state index contributed by atoms with van der Waals surface area (Å²) >= 11 is 1.74. The zero-order valence-corrected chi connectivity index (χ0v) is 12.1.